The van der Waals surface area contributed by atoms with Crippen LogP contribution < -0.4 is 11.1 Å². The van der Waals surface area contributed by atoms with Crippen LogP contribution in [-0.2, 0) is 12.6 Å². The van der Waals surface area contributed by atoms with Crippen molar-refractivity contribution >= 4 is 39.5 Å². The van der Waals surface area contributed by atoms with Gasteiger partial charge in [-0.25, -0.2) is 14.6 Å². The molecule has 0 fully saturated rings. The summed E-state index contributed by atoms with van der Waals surface area (Å²) < 4.78 is 5.27. The molecule has 0 unspecified atom stereocenters. The van der Waals surface area contributed by atoms with Crippen LogP contribution in [0.4, 0.5) is 11.6 Å². The fourth-order valence-electron chi connectivity index (χ4n) is 4.04. The lowest BCUT2D eigenvalue weighted by atomic mass is 10.1. The Morgan fingerprint density at radius 3 is 2.55 bits per heavy atom. The van der Waals surface area contributed by atoms with Crippen LogP contribution >= 0.6 is 0 Å². The van der Waals surface area contributed by atoms with E-state index in [4.69, 9.17) is 10.8 Å². The molecule has 0 radical (unpaired) electrons. The van der Waals surface area contributed by atoms with Crippen molar-refractivity contribution in [3.63, 3.8) is 0 Å². The summed E-state index contributed by atoms with van der Waals surface area (Å²) in [6.07, 6.45) is 1.43. The number of benzene rings is 1. The Hall–Kier alpha value is -4.21. The standard InChI is InChI=1S/C23H25N9O/c1-13-10-17(30(5)28-13)27-22(33)16-11-14-8-6-7-9-15(14)31(16)21-18-19(24)25-12-26-20(18)32(29-21)23(2,3)4/h6-12H,1-5H3,(H,27,33)(H2,24,25,26). The minimum atomic E-state index is -0.366. The van der Waals surface area contributed by atoms with Gasteiger partial charge >= 0.3 is 0 Å². The lowest BCUT2D eigenvalue weighted by Gasteiger charge is -2.19. The van der Waals surface area contributed by atoms with Crippen LogP contribution in [0.2, 0.25) is 0 Å². The second-order valence-corrected chi connectivity index (χ2v) is 9.04. The van der Waals surface area contributed by atoms with E-state index in [9.17, 15) is 4.79 Å². The Balaban J connectivity index is 1.78. The predicted molar refractivity (Wildman–Crippen MR) is 127 cm³/mol. The zero-order valence-corrected chi connectivity index (χ0v) is 19.2. The number of hydrogen-bond donors (Lipinski definition) is 2. The summed E-state index contributed by atoms with van der Waals surface area (Å²) in [7, 11) is 1.79. The molecule has 0 aliphatic heterocycles. The molecule has 0 atom stereocenters. The zero-order chi connectivity index (χ0) is 23.5. The SMILES string of the molecule is Cc1cc(NC(=O)c2cc3ccccc3n2-c2nn(C(C)(C)C)c3ncnc(N)c23)n(C)n1. The van der Waals surface area contributed by atoms with E-state index in [1.807, 2.05) is 73.3 Å². The van der Waals surface area contributed by atoms with Gasteiger partial charge in [-0.15, -0.1) is 0 Å². The van der Waals surface area contributed by atoms with Crippen molar-refractivity contribution in [2.24, 2.45) is 7.05 Å². The van der Waals surface area contributed by atoms with Crippen molar-refractivity contribution in [2.45, 2.75) is 33.2 Å². The van der Waals surface area contributed by atoms with Crippen LogP contribution in [0.25, 0.3) is 27.8 Å². The summed E-state index contributed by atoms with van der Waals surface area (Å²) in [5, 5.41) is 13.7. The first-order chi connectivity index (χ1) is 15.6. The van der Waals surface area contributed by atoms with Gasteiger partial charge in [0.1, 0.15) is 29.0 Å². The predicted octanol–water partition coefficient (Wildman–Crippen LogP) is 3.40. The summed E-state index contributed by atoms with van der Waals surface area (Å²) >= 11 is 0. The third-order valence-electron chi connectivity index (χ3n) is 5.51. The van der Waals surface area contributed by atoms with E-state index in [0.717, 1.165) is 16.6 Å². The molecule has 1 aromatic carbocycles. The average Bonchev–Trinajstić information content (AvgIpc) is 3.41. The molecular weight excluding hydrogens is 418 g/mol. The zero-order valence-electron chi connectivity index (χ0n) is 19.2. The average molecular weight is 444 g/mol. The quantitative estimate of drug-likeness (QED) is 0.441. The number of aromatic nitrogens is 7. The van der Waals surface area contributed by atoms with Gasteiger partial charge in [-0.3, -0.25) is 14.0 Å². The van der Waals surface area contributed by atoms with E-state index in [1.54, 1.807) is 11.7 Å². The van der Waals surface area contributed by atoms with Gasteiger partial charge in [-0.1, -0.05) is 18.2 Å². The van der Waals surface area contributed by atoms with Crippen LogP contribution in [0.1, 0.15) is 37.0 Å². The van der Waals surface area contributed by atoms with E-state index < -0.39 is 0 Å². The van der Waals surface area contributed by atoms with Crippen molar-refractivity contribution in [3.05, 3.63) is 54.1 Å². The van der Waals surface area contributed by atoms with Gasteiger partial charge in [0.25, 0.3) is 5.91 Å². The number of aryl methyl sites for hydroxylation is 2. The number of nitrogens with zero attached hydrogens (tertiary/aromatic N) is 7. The smallest absolute Gasteiger partial charge is 0.273 e. The molecule has 0 aliphatic rings. The molecule has 3 N–H and O–H groups in total. The molecule has 4 heterocycles. The molecule has 0 bridgehead atoms. The number of nitrogens with two attached hydrogens (primary N) is 1. The van der Waals surface area contributed by atoms with Crippen molar-refractivity contribution in [2.75, 3.05) is 11.1 Å². The number of amides is 1. The summed E-state index contributed by atoms with van der Waals surface area (Å²) in [6, 6.07) is 11.4. The monoisotopic (exact) mass is 443 g/mol. The Kier molecular flexibility index (Phi) is 4.48. The molecule has 168 valence electrons. The first kappa shape index (κ1) is 20.7. The van der Waals surface area contributed by atoms with E-state index in [-0.39, 0.29) is 11.4 Å². The third-order valence-corrected chi connectivity index (χ3v) is 5.51. The maximum Gasteiger partial charge on any atom is 0.273 e. The first-order valence-electron chi connectivity index (χ1n) is 10.6. The number of nitrogens with one attached hydrogen (secondary N) is 1. The Bertz CT molecular complexity index is 1530. The second kappa shape index (κ2) is 7.16. The number of anilines is 2. The van der Waals surface area contributed by atoms with Crippen LogP contribution in [0.3, 0.4) is 0 Å². The molecule has 4 aromatic heterocycles. The molecular formula is C23H25N9O. The van der Waals surface area contributed by atoms with Gasteiger partial charge in [0.15, 0.2) is 11.5 Å². The maximum atomic E-state index is 13.5. The largest absolute Gasteiger partial charge is 0.383 e. The van der Waals surface area contributed by atoms with Gasteiger partial charge in [-0.05, 0) is 39.8 Å². The topological polar surface area (TPSA) is 121 Å². The number of nitrogen functional groups attached to an aromatic ring is 1. The molecule has 5 rings (SSSR count). The fraction of sp³-hybridized carbons (Fsp3) is 0.261. The Labute approximate surface area is 190 Å². The molecule has 10 heteroatoms. The molecule has 1 amide bonds. The summed E-state index contributed by atoms with van der Waals surface area (Å²) in [5.41, 5.74) is 8.60. The number of carbonyl (C=O) groups is 1. The van der Waals surface area contributed by atoms with E-state index in [0.29, 0.717) is 34.2 Å². The summed E-state index contributed by atoms with van der Waals surface area (Å²) in [4.78, 5) is 22.2. The molecule has 10 nitrogen and oxygen atoms in total. The van der Waals surface area contributed by atoms with Gasteiger partial charge in [-0.2, -0.15) is 10.2 Å². The van der Waals surface area contributed by atoms with E-state index in [1.165, 1.54) is 6.33 Å². The Morgan fingerprint density at radius 2 is 1.85 bits per heavy atom. The maximum absolute atomic E-state index is 13.5. The minimum absolute atomic E-state index is 0.289. The van der Waals surface area contributed by atoms with Crippen LogP contribution in [0.15, 0.2) is 42.7 Å². The van der Waals surface area contributed by atoms with Crippen LogP contribution in [-0.4, -0.2) is 40.0 Å². The number of carbonyl (C=O) groups excluding carboxylic acids is 1. The Morgan fingerprint density at radius 1 is 1.09 bits per heavy atom. The summed E-state index contributed by atoms with van der Waals surface area (Å²) in [6.45, 7) is 7.98. The van der Waals surface area contributed by atoms with E-state index in [2.05, 4.69) is 20.4 Å². The lowest BCUT2D eigenvalue weighted by Crippen LogP contribution is -2.24. The minimum Gasteiger partial charge on any atom is -0.383 e. The highest BCUT2D eigenvalue weighted by atomic mass is 16.2. The van der Waals surface area contributed by atoms with Gasteiger partial charge in [0.05, 0.1) is 16.7 Å². The molecule has 33 heavy (non-hydrogen) atoms. The molecule has 0 saturated carbocycles. The van der Waals surface area contributed by atoms with Crippen molar-refractivity contribution in [1.82, 2.24) is 34.1 Å². The summed E-state index contributed by atoms with van der Waals surface area (Å²) in [5.74, 6) is 1.12. The fourth-order valence-corrected chi connectivity index (χ4v) is 4.04. The highest BCUT2D eigenvalue weighted by Gasteiger charge is 2.27. The highest BCUT2D eigenvalue weighted by Crippen LogP contribution is 2.33. The van der Waals surface area contributed by atoms with Crippen molar-refractivity contribution < 1.29 is 4.79 Å². The number of para-hydroxylation sites is 1. The van der Waals surface area contributed by atoms with Crippen LogP contribution in [0.5, 0.6) is 0 Å². The molecule has 0 saturated heterocycles. The third kappa shape index (κ3) is 3.30. The first-order valence-corrected chi connectivity index (χ1v) is 10.6. The number of rotatable bonds is 3. The van der Waals surface area contributed by atoms with Gasteiger partial charge < -0.3 is 11.1 Å². The number of hydrogen-bond acceptors (Lipinski definition) is 6. The molecule has 5 aromatic rings. The lowest BCUT2D eigenvalue weighted by molar-refractivity contribution is 0.102. The van der Waals surface area contributed by atoms with Crippen molar-refractivity contribution in [3.8, 4) is 5.82 Å². The second-order valence-electron chi connectivity index (χ2n) is 9.04. The van der Waals surface area contributed by atoms with Crippen molar-refractivity contribution in [1.29, 1.82) is 0 Å². The van der Waals surface area contributed by atoms with Crippen LogP contribution in [0, 0.1) is 6.92 Å². The molecule has 0 aliphatic carbocycles. The van der Waals surface area contributed by atoms with Gasteiger partial charge in [0.2, 0.25) is 0 Å². The number of fused-ring (bicyclic) bond motifs is 2. The molecule has 0 spiro atoms. The normalized spacial score (nSPS) is 12.0. The van der Waals surface area contributed by atoms with Gasteiger partial charge in [0, 0.05) is 18.5 Å². The van der Waals surface area contributed by atoms with E-state index >= 15 is 0 Å². The highest BCUT2D eigenvalue weighted by molar-refractivity contribution is 6.08.